The van der Waals surface area contributed by atoms with E-state index in [-0.39, 0.29) is 23.5 Å². The van der Waals surface area contributed by atoms with E-state index in [1.807, 2.05) is 6.07 Å². The molecular formula is C21H33NO2Si. The number of rotatable bonds is 5. The van der Waals surface area contributed by atoms with Crippen molar-refractivity contribution in [1.82, 2.24) is 4.90 Å². The zero-order valence-electron chi connectivity index (χ0n) is 16.6. The summed E-state index contributed by atoms with van der Waals surface area (Å²) >= 11 is 0. The fourth-order valence-corrected chi connectivity index (χ4v) is 4.24. The minimum absolute atomic E-state index is 0.0778. The van der Waals surface area contributed by atoms with Crippen molar-refractivity contribution >= 4 is 14.0 Å². The van der Waals surface area contributed by atoms with Gasteiger partial charge in [-0.1, -0.05) is 82.5 Å². The Morgan fingerprint density at radius 3 is 2.44 bits per heavy atom. The first-order valence-corrected chi connectivity index (χ1v) is 12.8. The van der Waals surface area contributed by atoms with Crippen molar-refractivity contribution in [1.29, 1.82) is 0 Å². The molecule has 0 N–H and O–H groups in total. The molecule has 0 radical (unpaired) electrons. The summed E-state index contributed by atoms with van der Waals surface area (Å²) in [4.78, 5) is 14.4. The number of hydrogen-bond donors (Lipinski definition) is 0. The van der Waals surface area contributed by atoms with Gasteiger partial charge in [0.15, 0.2) is 0 Å². The third kappa shape index (κ3) is 5.82. The first kappa shape index (κ1) is 19.9. The number of benzene rings is 1. The van der Waals surface area contributed by atoms with Gasteiger partial charge < -0.3 is 4.74 Å². The van der Waals surface area contributed by atoms with Crippen molar-refractivity contribution in [3.05, 3.63) is 47.7 Å². The Morgan fingerprint density at radius 1 is 1.24 bits per heavy atom. The predicted octanol–water partition coefficient (Wildman–Crippen LogP) is 4.82. The summed E-state index contributed by atoms with van der Waals surface area (Å²) in [5, 5.41) is 0. The highest BCUT2D eigenvalue weighted by atomic mass is 28.3. The Balaban J connectivity index is 2.30. The number of carbonyl (C=O) groups excluding carboxylic acids is 1. The summed E-state index contributed by atoms with van der Waals surface area (Å²) in [5.41, 5.74) is 3.71. The minimum atomic E-state index is -1.22. The number of hydrogen-bond acceptors (Lipinski definition) is 3. The molecule has 2 atom stereocenters. The van der Waals surface area contributed by atoms with E-state index < -0.39 is 8.07 Å². The highest BCUT2D eigenvalue weighted by Crippen LogP contribution is 2.35. The van der Waals surface area contributed by atoms with Crippen LogP contribution in [0.2, 0.25) is 19.6 Å². The zero-order valence-corrected chi connectivity index (χ0v) is 17.6. The maximum Gasteiger partial charge on any atom is 0.320 e. The molecule has 0 unspecified atom stereocenters. The van der Waals surface area contributed by atoms with Crippen molar-refractivity contribution in [2.75, 3.05) is 13.2 Å². The molecule has 3 nitrogen and oxygen atoms in total. The molecule has 1 fully saturated rings. The largest absolute Gasteiger partial charge is 0.463 e. The van der Waals surface area contributed by atoms with Crippen LogP contribution in [-0.2, 0) is 9.53 Å². The van der Waals surface area contributed by atoms with E-state index in [4.69, 9.17) is 4.74 Å². The predicted molar refractivity (Wildman–Crippen MR) is 107 cm³/mol. The molecule has 0 saturated carbocycles. The average molecular weight is 360 g/mol. The number of esters is 1. The number of cyclic esters (lactones) is 1. The van der Waals surface area contributed by atoms with Crippen molar-refractivity contribution in [3.63, 3.8) is 0 Å². The van der Waals surface area contributed by atoms with Gasteiger partial charge >= 0.3 is 5.97 Å². The molecule has 4 heteroatoms. The minimum Gasteiger partial charge on any atom is -0.463 e. The third-order valence-corrected chi connectivity index (χ3v) is 5.91. The second-order valence-corrected chi connectivity index (χ2v) is 14.2. The first-order chi connectivity index (χ1) is 11.6. The molecule has 0 spiro atoms. The third-order valence-electron chi connectivity index (χ3n) is 4.68. The summed E-state index contributed by atoms with van der Waals surface area (Å²) in [7, 11) is -1.22. The van der Waals surface area contributed by atoms with Crippen LogP contribution in [0.15, 0.2) is 42.1 Å². The van der Waals surface area contributed by atoms with Gasteiger partial charge in [-0.15, -0.1) is 0 Å². The molecule has 2 rings (SSSR count). The molecule has 0 amide bonds. The highest BCUT2D eigenvalue weighted by Gasteiger charge is 2.38. The number of morpholine rings is 1. The molecule has 1 aromatic rings. The topological polar surface area (TPSA) is 29.5 Å². The quantitative estimate of drug-likeness (QED) is 0.557. The smallest absolute Gasteiger partial charge is 0.320 e. The van der Waals surface area contributed by atoms with Crippen molar-refractivity contribution in [2.45, 2.75) is 58.9 Å². The lowest BCUT2D eigenvalue weighted by Crippen LogP contribution is -2.52. The van der Waals surface area contributed by atoms with E-state index in [0.29, 0.717) is 13.2 Å². The van der Waals surface area contributed by atoms with Crippen LogP contribution in [0.5, 0.6) is 0 Å². The van der Waals surface area contributed by atoms with E-state index >= 15 is 0 Å². The summed E-state index contributed by atoms with van der Waals surface area (Å²) in [6.45, 7) is 14.6. The monoisotopic (exact) mass is 359 g/mol. The lowest BCUT2D eigenvalue weighted by molar-refractivity contribution is -0.158. The fraction of sp³-hybridized carbons (Fsp3) is 0.571. The van der Waals surface area contributed by atoms with E-state index in [1.54, 1.807) is 0 Å². The van der Waals surface area contributed by atoms with Crippen LogP contribution >= 0.6 is 0 Å². The summed E-state index contributed by atoms with van der Waals surface area (Å²) in [6.07, 6.45) is 3.30. The Bertz CT molecular complexity index is 599. The lowest BCUT2D eigenvalue weighted by Gasteiger charge is -2.45. The Morgan fingerprint density at radius 2 is 1.88 bits per heavy atom. The van der Waals surface area contributed by atoms with Crippen molar-refractivity contribution in [3.8, 4) is 0 Å². The Kier molecular flexibility index (Phi) is 6.28. The second kappa shape index (κ2) is 7.88. The van der Waals surface area contributed by atoms with Crippen LogP contribution in [0.4, 0.5) is 0 Å². The summed E-state index contributed by atoms with van der Waals surface area (Å²) < 4.78 is 5.40. The zero-order chi connectivity index (χ0) is 18.7. The SMILES string of the molecule is CC(C)(C)[C@H](C/C=C/[Si](C)(C)C)N1CC(=O)OC[C@@H]1c1ccccc1. The maximum absolute atomic E-state index is 12.0. The van der Waals surface area contributed by atoms with Gasteiger partial charge in [0.2, 0.25) is 0 Å². The summed E-state index contributed by atoms with van der Waals surface area (Å²) in [6, 6.07) is 10.8. The van der Waals surface area contributed by atoms with Gasteiger partial charge in [-0.3, -0.25) is 9.69 Å². The van der Waals surface area contributed by atoms with Crippen LogP contribution in [-0.4, -0.2) is 38.1 Å². The van der Waals surface area contributed by atoms with Gasteiger partial charge in [0.25, 0.3) is 0 Å². The molecule has 1 saturated heterocycles. The molecule has 0 aromatic heterocycles. The van der Waals surface area contributed by atoms with Gasteiger partial charge in [0.1, 0.15) is 6.61 Å². The van der Waals surface area contributed by atoms with Crippen LogP contribution in [0.3, 0.4) is 0 Å². The van der Waals surface area contributed by atoms with Crippen LogP contribution in [0.1, 0.15) is 38.8 Å². The molecule has 0 aliphatic carbocycles. The first-order valence-electron chi connectivity index (χ1n) is 9.22. The Labute approximate surface area is 154 Å². The number of nitrogens with zero attached hydrogens (tertiary/aromatic N) is 1. The summed E-state index contributed by atoms with van der Waals surface area (Å²) in [5.74, 6) is -0.115. The van der Waals surface area contributed by atoms with E-state index in [1.165, 1.54) is 5.56 Å². The van der Waals surface area contributed by atoms with Crippen LogP contribution < -0.4 is 0 Å². The second-order valence-electron chi connectivity index (χ2n) is 9.17. The van der Waals surface area contributed by atoms with Gasteiger partial charge in [-0.2, -0.15) is 0 Å². The molecule has 1 heterocycles. The molecule has 0 bridgehead atoms. The van der Waals surface area contributed by atoms with E-state index in [2.05, 4.69) is 81.4 Å². The van der Waals surface area contributed by atoms with Gasteiger partial charge in [-0.25, -0.2) is 0 Å². The standard InChI is InChI=1S/C21H33NO2Si/c1-21(2,3)19(13-10-14-25(4,5)6)22-15-20(23)24-16-18(22)17-11-8-7-9-12-17/h7-12,14,18-19H,13,15-16H2,1-6H3/b14-10+/t18-,19+/m1/s1. The normalized spacial score (nSPS) is 21.4. The lowest BCUT2D eigenvalue weighted by atomic mass is 9.82. The average Bonchev–Trinajstić information content (AvgIpc) is 2.50. The maximum atomic E-state index is 12.0. The molecule has 25 heavy (non-hydrogen) atoms. The van der Waals surface area contributed by atoms with Gasteiger partial charge in [0.05, 0.1) is 20.7 Å². The highest BCUT2D eigenvalue weighted by molar-refractivity contribution is 6.80. The number of ether oxygens (including phenoxy) is 1. The molecule has 1 aromatic carbocycles. The molecule has 1 aliphatic rings. The Hall–Kier alpha value is -1.39. The van der Waals surface area contributed by atoms with Gasteiger partial charge in [-0.05, 0) is 17.4 Å². The van der Waals surface area contributed by atoms with Crippen molar-refractivity contribution in [2.24, 2.45) is 5.41 Å². The molecular weight excluding hydrogens is 326 g/mol. The van der Waals surface area contributed by atoms with E-state index in [9.17, 15) is 4.79 Å². The van der Waals surface area contributed by atoms with Crippen LogP contribution in [0.25, 0.3) is 0 Å². The fourth-order valence-electron chi connectivity index (χ4n) is 3.40. The molecule has 138 valence electrons. The molecule has 1 aliphatic heterocycles. The van der Waals surface area contributed by atoms with Crippen molar-refractivity contribution < 1.29 is 9.53 Å². The van der Waals surface area contributed by atoms with Crippen LogP contribution in [0, 0.1) is 5.41 Å². The van der Waals surface area contributed by atoms with E-state index in [0.717, 1.165) is 6.42 Å². The van der Waals surface area contributed by atoms with Gasteiger partial charge in [0, 0.05) is 6.04 Å². The number of carbonyl (C=O) groups is 1.